The molecule has 2 rings (SSSR count). The summed E-state index contributed by atoms with van der Waals surface area (Å²) in [5, 5.41) is 13.6. The van der Waals surface area contributed by atoms with Gasteiger partial charge in [-0.25, -0.2) is 0 Å². The Morgan fingerprint density at radius 2 is 2.17 bits per heavy atom. The lowest BCUT2D eigenvalue weighted by Gasteiger charge is -2.35. The molecule has 1 atom stereocenters. The summed E-state index contributed by atoms with van der Waals surface area (Å²) in [7, 11) is 0. The van der Waals surface area contributed by atoms with E-state index in [1.54, 1.807) is 0 Å². The highest BCUT2D eigenvalue weighted by Gasteiger charge is 2.27. The molecule has 0 radical (unpaired) electrons. The number of hydrogen-bond acceptors (Lipinski definition) is 2. The van der Waals surface area contributed by atoms with E-state index in [0.29, 0.717) is 17.2 Å². The molecule has 0 aliphatic heterocycles. The van der Waals surface area contributed by atoms with Crippen LogP contribution >= 0.6 is 0 Å². The first-order chi connectivity index (χ1) is 8.48. The third-order valence-corrected chi connectivity index (χ3v) is 4.11. The van der Waals surface area contributed by atoms with Gasteiger partial charge in [0.1, 0.15) is 5.75 Å². The number of para-hydroxylation sites is 1. The summed E-state index contributed by atoms with van der Waals surface area (Å²) in [4.78, 5) is 0. The number of aromatic hydroxyl groups is 1. The van der Waals surface area contributed by atoms with Crippen LogP contribution in [0.3, 0.4) is 0 Å². The third-order valence-electron chi connectivity index (χ3n) is 4.11. The zero-order valence-corrected chi connectivity index (χ0v) is 11.8. The van der Waals surface area contributed by atoms with Gasteiger partial charge in [0.2, 0.25) is 0 Å². The van der Waals surface area contributed by atoms with Crippen molar-refractivity contribution in [2.75, 3.05) is 0 Å². The van der Waals surface area contributed by atoms with Gasteiger partial charge in [0, 0.05) is 18.2 Å². The van der Waals surface area contributed by atoms with Crippen molar-refractivity contribution in [3.05, 3.63) is 29.3 Å². The van der Waals surface area contributed by atoms with Crippen LogP contribution in [0.1, 0.15) is 50.7 Å². The standard InChI is InChI=1S/C16H25NO/c1-12-6-4-7-13(15(12)18)11-17-14-8-5-9-16(2,3)10-14/h4,6-7,14,17-18H,5,8-11H2,1-3H3. The average Bonchev–Trinajstić information content (AvgIpc) is 2.30. The first-order valence-electron chi connectivity index (χ1n) is 6.99. The zero-order valence-electron chi connectivity index (χ0n) is 11.8. The second kappa shape index (κ2) is 5.31. The SMILES string of the molecule is Cc1cccc(CNC2CCCC(C)(C)C2)c1O. The minimum absolute atomic E-state index is 0.445. The van der Waals surface area contributed by atoms with Crippen molar-refractivity contribution in [2.24, 2.45) is 5.41 Å². The van der Waals surface area contributed by atoms with Gasteiger partial charge in [0.25, 0.3) is 0 Å². The molecule has 100 valence electrons. The molecule has 2 N–H and O–H groups in total. The maximum atomic E-state index is 9.99. The number of nitrogens with one attached hydrogen (secondary N) is 1. The quantitative estimate of drug-likeness (QED) is 0.852. The fourth-order valence-corrected chi connectivity index (χ4v) is 2.99. The minimum atomic E-state index is 0.445. The smallest absolute Gasteiger partial charge is 0.122 e. The monoisotopic (exact) mass is 247 g/mol. The van der Waals surface area contributed by atoms with E-state index in [-0.39, 0.29) is 0 Å². The lowest BCUT2D eigenvalue weighted by atomic mass is 9.75. The van der Waals surface area contributed by atoms with Crippen LogP contribution in [0.15, 0.2) is 18.2 Å². The Hall–Kier alpha value is -1.02. The Kier molecular flexibility index (Phi) is 3.96. The number of aryl methyl sites for hydroxylation is 1. The Morgan fingerprint density at radius 3 is 2.89 bits per heavy atom. The molecule has 0 bridgehead atoms. The van der Waals surface area contributed by atoms with Crippen LogP contribution in [0.2, 0.25) is 0 Å². The second-order valence-corrected chi connectivity index (χ2v) is 6.42. The summed E-state index contributed by atoms with van der Waals surface area (Å²) in [5.74, 6) is 0.445. The molecule has 1 fully saturated rings. The van der Waals surface area contributed by atoms with E-state index in [4.69, 9.17) is 0 Å². The number of rotatable bonds is 3. The molecular formula is C16H25NO. The maximum absolute atomic E-state index is 9.99. The third kappa shape index (κ3) is 3.26. The van der Waals surface area contributed by atoms with Gasteiger partial charge < -0.3 is 10.4 Å². The van der Waals surface area contributed by atoms with E-state index in [1.807, 2.05) is 25.1 Å². The molecule has 0 saturated heterocycles. The molecule has 2 heteroatoms. The van der Waals surface area contributed by atoms with Crippen LogP contribution in [0.25, 0.3) is 0 Å². The van der Waals surface area contributed by atoms with Crippen LogP contribution < -0.4 is 5.32 Å². The fraction of sp³-hybridized carbons (Fsp3) is 0.625. The Morgan fingerprint density at radius 1 is 1.39 bits per heavy atom. The normalized spacial score (nSPS) is 22.9. The molecule has 0 heterocycles. The van der Waals surface area contributed by atoms with Crippen molar-refractivity contribution >= 4 is 0 Å². The second-order valence-electron chi connectivity index (χ2n) is 6.42. The lowest BCUT2D eigenvalue weighted by molar-refractivity contribution is 0.197. The van der Waals surface area contributed by atoms with Crippen LogP contribution in [-0.2, 0) is 6.54 Å². The molecule has 1 aliphatic rings. The molecular weight excluding hydrogens is 222 g/mol. The molecule has 18 heavy (non-hydrogen) atoms. The topological polar surface area (TPSA) is 32.3 Å². The van der Waals surface area contributed by atoms with Crippen molar-refractivity contribution in [3.8, 4) is 5.75 Å². The van der Waals surface area contributed by atoms with Gasteiger partial charge in [0.05, 0.1) is 0 Å². The largest absolute Gasteiger partial charge is 0.507 e. The summed E-state index contributed by atoms with van der Waals surface area (Å²) in [5.41, 5.74) is 2.43. The molecule has 1 aromatic rings. The molecule has 1 saturated carbocycles. The van der Waals surface area contributed by atoms with Crippen LogP contribution in [0, 0.1) is 12.3 Å². The summed E-state index contributed by atoms with van der Waals surface area (Å²) in [6, 6.07) is 6.55. The average molecular weight is 247 g/mol. The maximum Gasteiger partial charge on any atom is 0.122 e. The predicted molar refractivity (Wildman–Crippen MR) is 75.7 cm³/mol. The van der Waals surface area contributed by atoms with Gasteiger partial charge >= 0.3 is 0 Å². The lowest BCUT2D eigenvalue weighted by Crippen LogP contribution is -2.36. The molecule has 0 aromatic heterocycles. The number of phenolic OH excluding ortho intramolecular Hbond substituents is 1. The molecule has 2 nitrogen and oxygen atoms in total. The van der Waals surface area contributed by atoms with Crippen LogP contribution in [-0.4, -0.2) is 11.1 Å². The van der Waals surface area contributed by atoms with E-state index in [0.717, 1.165) is 17.7 Å². The number of hydrogen-bond donors (Lipinski definition) is 2. The van der Waals surface area contributed by atoms with E-state index >= 15 is 0 Å². The number of benzene rings is 1. The van der Waals surface area contributed by atoms with Gasteiger partial charge in [-0.15, -0.1) is 0 Å². The summed E-state index contributed by atoms with van der Waals surface area (Å²) >= 11 is 0. The number of phenols is 1. The molecule has 1 aliphatic carbocycles. The summed E-state index contributed by atoms with van der Waals surface area (Å²) in [6.45, 7) is 7.42. The molecule has 1 unspecified atom stereocenters. The summed E-state index contributed by atoms with van der Waals surface area (Å²) < 4.78 is 0. The van der Waals surface area contributed by atoms with Crippen molar-refractivity contribution in [2.45, 2.75) is 59.0 Å². The Bertz CT molecular complexity index is 412. The van der Waals surface area contributed by atoms with Gasteiger partial charge in [-0.05, 0) is 37.2 Å². The van der Waals surface area contributed by atoms with Crippen molar-refractivity contribution in [1.82, 2.24) is 5.32 Å². The Labute approximate surface area is 110 Å². The zero-order chi connectivity index (χ0) is 13.2. The summed E-state index contributed by atoms with van der Waals surface area (Å²) in [6.07, 6.45) is 5.14. The first kappa shape index (κ1) is 13.4. The van der Waals surface area contributed by atoms with Crippen molar-refractivity contribution < 1.29 is 5.11 Å². The van der Waals surface area contributed by atoms with Gasteiger partial charge in [-0.3, -0.25) is 0 Å². The van der Waals surface area contributed by atoms with E-state index < -0.39 is 0 Å². The van der Waals surface area contributed by atoms with Crippen LogP contribution in [0.5, 0.6) is 5.75 Å². The molecule has 1 aromatic carbocycles. The highest BCUT2D eigenvalue weighted by molar-refractivity contribution is 5.39. The van der Waals surface area contributed by atoms with E-state index in [1.165, 1.54) is 25.7 Å². The van der Waals surface area contributed by atoms with Gasteiger partial charge in [-0.1, -0.05) is 38.5 Å². The molecule has 0 amide bonds. The van der Waals surface area contributed by atoms with Crippen molar-refractivity contribution in [1.29, 1.82) is 0 Å². The van der Waals surface area contributed by atoms with Crippen LogP contribution in [0.4, 0.5) is 0 Å². The molecule has 0 spiro atoms. The fourth-order valence-electron chi connectivity index (χ4n) is 2.99. The highest BCUT2D eigenvalue weighted by atomic mass is 16.3. The van der Waals surface area contributed by atoms with E-state index in [2.05, 4.69) is 19.2 Å². The van der Waals surface area contributed by atoms with Crippen molar-refractivity contribution in [3.63, 3.8) is 0 Å². The van der Waals surface area contributed by atoms with Gasteiger partial charge in [-0.2, -0.15) is 0 Å². The van der Waals surface area contributed by atoms with E-state index in [9.17, 15) is 5.11 Å². The van der Waals surface area contributed by atoms with Gasteiger partial charge in [0.15, 0.2) is 0 Å². The Balaban J connectivity index is 1.93. The predicted octanol–water partition coefficient (Wildman–Crippen LogP) is 3.76. The minimum Gasteiger partial charge on any atom is -0.507 e. The first-order valence-corrected chi connectivity index (χ1v) is 6.99. The highest BCUT2D eigenvalue weighted by Crippen LogP contribution is 2.35.